The molecule has 1 radical (unpaired) electrons. The summed E-state index contributed by atoms with van der Waals surface area (Å²) in [7, 11) is 1.54. The molecular weight excluding hydrogens is 813 g/mol. The smallest absolute Gasteiger partial charge is 0.337 e. The van der Waals surface area contributed by atoms with Crippen molar-refractivity contribution in [1.82, 2.24) is 5.32 Å². The van der Waals surface area contributed by atoms with Crippen LogP contribution in [-0.4, -0.2) is 92.5 Å². The molecule has 2 bridgehead atoms. The molecule has 3 aliphatic carbocycles. The number of hydrogen-bond donors (Lipinski definition) is 6. The molecule has 2 saturated carbocycles. The van der Waals surface area contributed by atoms with Crippen LogP contribution in [0.4, 0.5) is 0 Å². The first-order chi connectivity index (χ1) is 20.9. The fourth-order valence-electron chi connectivity index (χ4n) is 8.73. The third-order valence-electron chi connectivity index (χ3n) is 11.5. The van der Waals surface area contributed by atoms with Crippen molar-refractivity contribution in [3.8, 4) is 0 Å². The van der Waals surface area contributed by atoms with E-state index in [2.05, 4.69) is 5.32 Å². The molecule has 0 aliphatic heterocycles. The quantitative estimate of drug-likeness (QED) is 0.164. The summed E-state index contributed by atoms with van der Waals surface area (Å²) in [5, 5.41) is 61.3. The van der Waals surface area contributed by atoms with Crippen LogP contribution in [0.15, 0.2) is 34.0 Å². The van der Waals surface area contributed by atoms with Crippen molar-refractivity contribution >= 4 is 17.7 Å². The third-order valence-corrected chi connectivity index (χ3v) is 11.5. The van der Waals surface area contributed by atoms with Gasteiger partial charge in [0.2, 0.25) is 0 Å². The minimum absolute atomic E-state index is 0. The Morgan fingerprint density at radius 2 is 1.80 bits per heavy atom. The molecule has 11 atom stereocenters. The summed E-state index contributed by atoms with van der Waals surface area (Å²) in [5.74, 6) is -4.86. The Bertz CT molecular complexity index is 1330. The molecule has 0 aromatic carbocycles. The zero-order valence-electron chi connectivity index (χ0n) is 27.9. The number of aliphatic hydroxyl groups excluding tert-OH is 3. The van der Waals surface area contributed by atoms with Crippen LogP contribution in [0.3, 0.4) is 0 Å². The zero-order valence-corrected chi connectivity index (χ0v) is 32.7. The van der Waals surface area contributed by atoms with Gasteiger partial charge < -0.3 is 44.7 Å². The van der Waals surface area contributed by atoms with Crippen LogP contribution in [0.25, 0.3) is 0 Å². The Labute approximate surface area is 305 Å². The summed E-state index contributed by atoms with van der Waals surface area (Å²) in [4.78, 5) is 40.5. The number of nitrogens with one attached hydrogen (secondary N) is 1. The minimum atomic E-state index is -1.91. The number of furan rings is 1. The average Bonchev–Trinajstić information content (AvgIpc) is 3.52. The summed E-state index contributed by atoms with van der Waals surface area (Å²) < 4.78 is 17.0. The van der Waals surface area contributed by atoms with Crippen molar-refractivity contribution in [3.05, 3.63) is 35.3 Å². The van der Waals surface area contributed by atoms with Crippen LogP contribution in [-0.2, 0) is 23.9 Å². The van der Waals surface area contributed by atoms with Gasteiger partial charge in [0.1, 0.15) is 30.1 Å². The number of carbonyl (C=O) groups is 3. The van der Waals surface area contributed by atoms with Crippen molar-refractivity contribution < 1.29 is 97.9 Å². The Balaban J connectivity index is 0.00000576. The molecule has 1 aromatic heterocycles. The number of hydrogen-bond acceptors (Lipinski definition) is 12. The van der Waals surface area contributed by atoms with E-state index < -0.39 is 94.6 Å². The van der Waals surface area contributed by atoms with Crippen molar-refractivity contribution in [1.29, 1.82) is 0 Å². The van der Waals surface area contributed by atoms with E-state index in [1.807, 2.05) is 0 Å². The van der Waals surface area contributed by atoms with Crippen LogP contribution >= 0.6 is 0 Å². The van der Waals surface area contributed by atoms with Gasteiger partial charge in [-0.1, -0.05) is 34.6 Å². The summed E-state index contributed by atoms with van der Waals surface area (Å²) >= 11 is 0. The summed E-state index contributed by atoms with van der Waals surface area (Å²) in [5.41, 5.74) is -6.28. The molecule has 1 aromatic rings. The zero-order chi connectivity index (χ0) is 33.9. The van der Waals surface area contributed by atoms with E-state index in [1.54, 1.807) is 60.7 Å². The van der Waals surface area contributed by atoms with Gasteiger partial charge in [0.25, 0.3) is 0 Å². The van der Waals surface area contributed by atoms with Crippen LogP contribution in [0, 0.1) is 72.6 Å². The van der Waals surface area contributed by atoms with Crippen LogP contribution in [0.2, 0.25) is 0 Å². The third kappa shape index (κ3) is 5.89. The Morgan fingerprint density at radius 1 is 1.17 bits per heavy atom. The SMILES string of the molecule is CCC(=O)OC1C[C@@H](C)C(O)(CO)C2[C@H](C)C3(O)CC(OC(=O)C(O)C(NC)c4ccco4)C(C)=C(C(O)C(=O)[C@]12C)C3(C)C.[Ac]. The Morgan fingerprint density at radius 3 is 2.33 bits per heavy atom. The first-order valence-corrected chi connectivity index (χ1v) is 15.7. The van der Waals surface area contributed by atoms with Crippen molar-refractivity contribution in [2.45, 2.75) is 109 Å². The summed E-state index contributed by atoms with van der Waals surface area (Å²) in [6.07, 6.45) is -4.49. The number of likely N-dealkylation sites (N-methyl/N-ethyl adjacent to an activating group) is 1. The number of rotatable bonds is 8. The first-order valence-electron chi connectivity index (χ1n) is 15.7. The van der Waals surface area contributed by atoms with E-state index in [9.17, 15) is 39.9 Å². The van der Waals surface area contributed by atoms with E-state index in [4.69, 9.17) is 13.9 Å². The fourth-order valence-corrected chi connectivity index (χ4v) is 8.73. The van der Waals surface area contributed by atoms with Gasteiger partial charge in [-0.25, -0.2) is 4.79 Å². The number of carbonyl (C=O) groups excluding carboxylic acids is 3. The normalized spacial score (nSPS) is 38.4. The van der Waals surface area contributed by atoms with E-state index in [0.29, 0.717) is 11.3 Å². The largest absolute Gasteiger partial charge is 0.468 e. The molecule has 46 heavy (non-hydrogen) atoms. The fraction of sp³-hybridized carbons (Fsp3) is 0.727. The Kier molecular flexibility index (Phi) is 11.9. The number of aliphatic hydroxyl groups is 5. The molecule has 4 rings (SSSR count). The number of fused-ring (bicyclic) bond motifs is 3. The van der Waals surface area contributed by atoms with Crippen LogP contribution in [0.1, 0.15) is 79.5 Å². The topological polar surface area (TPSA) is 196 Å². The number of ether oxygens (including phenoxy) is 2. The molecule has 12 nitrogen and oxygen atoms in total. The van der Waals surface area contributed by atoms with Gasteiger partial charge in [-0.3, -0.25) is 9.59 Å². The average molecular weight is 863 g/mol. The molecule has 0 spiro atoms. The molecule has 0 amide bonds. The molecular formula is C33H49AcNO11. The second-order valence-electron chi connectivity index (χ2n) is 13.9. The molecule has 3 aliphatic rings. The molecule has 6 N–H and O–H groups in total. The van der Waals surface area contributed by atoms with Crippen LogP contribution < -0.4 is 5.32 Å². The van der Waals surface area contributed by atoms with Crippen molar-refractivity contribution in [2.24, 2.45) is 28.6 Å². The van der Waals surface area contributed by atoms with E-state index in [1.165, 1.54) is 13.2 Å². The van der Waals surface area contributed by atoms with Crippen molar-refractivity contribution in [2.75, 3.05) is 13.7 Å². The summed E-state index contributed by atoms with van der Waals surface area (Å²) in [6.45, 7) is 10.7. The molecule has 1 heterocycles. The standard InChI is InChI=1S/C33H49NO11.Ac/c1-9-22(36)45-21-13-16(2)32(41,15-35)27-18(4)33(42)14-20(44-29(40)26(38)24(34-8)19-11-10-12-43-19)17(3)23(30(33,5)6)25(37)28(39)31(21,27)7;/h10-12,16,18,20-21,24-27,34-35,37-38,41-42H,9,13-15H2,1-8H3;/t16-,18+,20?,21?,24?,25?,26?,27?,31-,32?,33?;/m1./s1. The first kappa shape index (κ1) is 39.3. The second kappa shape index (κ2) is 14.0. The number of ketones is 1. The maximum Gasteiger partial charge on any atom is 0.337 e. The minimum Gasteiger partial charge on any atom is -0.468 e. The van der Waals surface area contributed by atoms with Gasteiger partial charge in [-0.15, -0.1) is 0 Å². The predicted octanol–water partition coefficient (Wildman–Crippen LogP) is 1.58. The van der Waals surface area contributed by atoms with Gasteiger partial charge in [0.05, 0.1) is 29.5 Å². The molecule has 2 fully saturated rings. The number of esters is 2. The maximum absolute atomic E-state index is 14.6. The number of Topliss-reactive ketones (excluding diaryl/α,β-unsaturated/α-hetero) is 1. The molecule has 8 unspecified atom stereocenters. The van der Waals surface area contributed by atoms with Gasteiger partial charge in [0.15, 0.2) is 11.9 Å². The van der Waals surface area contributed by atoms with Crippen molar-refractivity contribution in [3.63, 3.8) is 0 Å². The second-order valence-corrected chi connectivity index (χ2v) is 13.9. The van der Waals surface area contributed by atoms with E-state index in [0.717, 1.165) is 0 Å². The molecule has 0 saturated heterocycles. The van der Waals surface area contributed by atoms with E-state index in [-0.39, 0.29) is 68.9 Å². The van der Waals surface area contributed by atoms with Gasteiger partial charge >= 0.3 is 11.9 Å². The molecule has 13 heteroatoms. The van der Waals surface area contributed by atoms with Gasteiger partial charge in [-0.2, -0.15) is 0 Å². The summed E-state index contributed by atoms with van der Waals surface area (Å²) in [6, 6.07) is 2.26. The monoisotopic (exact) mass is 862 g/mol. The predicted molar refractivity (Wildman–Crippen MR) is 160 cm³/mol. The van der Waals surface area contributed by atoms with Gasteiger partial charge in [-0.05, 0) is 62.4 Å². The van der Waals surface area contributed by atoms with Gasteiger partial charge in [0, 0.05) is 68.2 Å². The van der Waals surface area contributed by atoms with E-state index >= 15 is 0 Å². The molecule has 255 valence electrons. The van der Waals surface area contributed by atoms with Crippen LogP contribution in [0.5, 0.6) is 0 Å². The maximum atomic E-state index is 14.6. The Hall–Kier alpha value is -1.17.